The standard InChI is InChI=1S/C14H24N2O3/c1-9-6-7-16(10(2)8-9)13(19)15-14(3,12(17)18)11-4-5-11/h9-11H,4-8H2,1-3H3,(H,15,19)(H,17,18). The Morgan fingerprint density at radius 3 is 2.37 bits per heavy atom. The highest BCUT2D eigenvalue weighted by Gasteiger charge is 2.49. The van der Waals surface area contributed by atoms with Crippen LogP contribution in [0.2, 0.25) is 0 Å². The molecule has 108 valence electrons. The minimum atomic E-state index is -1.11. The van der Waals surface area contributed by atoms with E-state index in [-0.39, 0.29) is 18.0 Å². The normalized spacial score (nSPS) is 30.6. The van der Waals surface area contributed by atoms with Crippen molar-refractivity contribution in [3.05, 3.63) is 0 Å². The number of likely N-dealkylation sites (tertiary alicyclic amines) is 1. The minimum Gasteiger partial charge on any atom is -0.480 e. The van der Waals surface area contributed by atoms with Crippen molar-refractivity contribution in [2.75, 3.05) is 6.54 Å². The van der Waals surface area contributed by atoms with Gasteiger partial charge in [-0.2, -0.15) is 0 Å². The lowest BCUT2D eigenvalue weighted by Gasteiger charge is -2.38. The lowest BCUT2D eigenvalue weighted by molar-refractivity contribution is -0.144. The zero-order chi connectivity index (χ0) is 14.2. The van der Waals surface area contributed by atoms with E-state index >= 15 is 0 Å². The highest BCUT2D eigenvalue weighted by molar-refractivity contribution is 5.86. The van der Waals surface area contributed by atoms with Crippen LogP contribution in [0.3, 0.4) is 0 Å². The van der Waals surface area contributed by atoms with Crippen molar-refractivity contribution in [3.63, 3.8) is 0 Å². The van der Waals surface area contributed by atoms with E-state index in [0.29, 0.717) is 12.5 Å². The highest BCUT2D eigenvalue weighted by Crippen LogP contribution is 2.40. The largest absolute Gasteiger partial charge is 0.480 e. The van der Waals surface area contributed by atoms with Crippen LogP contribution in [0.5, 0.6) is 0 Å². The number of piperidine rings is 1. The number of carbonyl (C=O) groups excluding carboxylic acids is 1. The van der Waals surface area contributed by atoms with Crippen LogP contribution in [0.4, 0.5) is 4.79 Å². The summed E-state index contributed by atoms with van der Waals surface area (Å²) in [5.41, 5.74) is -1.11. The summed E-state index contributed by atoms with van der Waals surface area (Å²) in [5, 5.41) is 12.1. The molecule has 0 spiro atoms. The maximum absolute atomic E-state index is 12.3. The summed E-state index contributed by atoms with van der Waals surface area (Å²) in [5.74, 6) is -0.220. The Bertz CT molecular complexity index is 381. The fourth-order valence-corrected chi connectivity index (χ4v) is 2.99. The second kappa shape index (κ2) is 5.02. The Hall–Kier alpha value is -1.26. The summed E-state index contributed by atoms with van der Waals surface area (Å²) in [4.78, 5) is 25.5. The molecule has 0 aromatic carbocycles. The van der Waals surface area contributed by atoms with Crippen LogP contribution in [-0.2, 0) is 4.79 Å². The van der Waals surface area contributed by atoms with Crippen molar-refractivity contribution < 1.29 is 14.7 Å². The van der Waals surface area contributed by atoms with Crippen LogP contribution in [0.1, 0.15) is 46.5 Å². The van der Waals surface area contributed by atoms with Gasteiger partial charge < -0.3 is 15.3 Å². The lowest BCUT2D eigenvalue weighted by Crippen LogP contribution is -2.59. The number of carboxylic acid groups (broad SMARTS) is 1. The topological polar surface area (TPSA) is 69.6 Å². The van der Waals surface area contributed by atoms with Crippen LogP contribution in [-0.4, -0.2) is 40.1 Å². The highest BCUT2D eigenvalue weighted by atomic mass is 16.4. The number of nitrogens with zero attached hydrogens (tertiary/aromatic N) is 1. The third-order valence-electron chi connectivity index (χ3n) is 4.60. The average Bonchev–Trinajstić information content (AvgIpc) is 3.11. The molecule has 2 aliphatic rings. The van der Waals surface area contributed by atoms with Crippen molar-refractivity contribution in [3.8, 4) is 0 Å². The Balaban J connectivity index is 2.01. The number of carboxylic acids is 1. The number of hydrogen-bond acceptors (Lipinski definition) is 2. The van der Waals surface area contributed by atoms with Gasteiger partial charge in [-0.1, -0.05) is 6.92 Å². The van der Waals surface area contributed by atoms with Gasteiger partial charge in [0.1, 0.15) is 5.54 Å². The first-order valence-corrected chi connectivity index (χ1v) is 7.16. The van der Waals surface area contributed by atoms with Crippen molar-refractivity contribution in [2.45, 2.75) is 58.0 Å². The van der Waals surface area contributed by atoms with E-state index in [2.05, 4.69) is 12.2 Å². The summed E-state index contributed by atoms with van der Waals surface area (Å²) >= 11 is 0. The molecule has 1 saturated carbocycles. The minimum absolute atomic E-state index is 0.0768. The molecule has 1 aliphatic heterocycles. The number of hydrogen-bond donors (Lipinski definition) is 2. The second-order valence-electron chi connectivity index (χ2n) is 6.38. The van der Waals surface area contributed by atoms with Gasteiger partial charge in [-0.15, -0.1) is 0 Å². The first kappa shape index (κ1) is 14.2. The molecule has 0 aromatic heterocycles. The second-order valence-corrected chi connectivity index (χ2v) is 6.38. The molecule has 3 atom stereocenters. The summed E-state index contributed by atoms with van der Waals surface area (Å²) < 4.78 is 0. The Kier molecular flexibility index (Phi) is 3.74. The number of carbonyl (C=O) groups is 2. The predicted octanol–water partition coefficient (Wildman–Crippen LogP) is 2.07. The van der Waals surface area contributed by atoms with Gasteiger partial charge in [0.15, 0.2) is 0 Å². The fraction of sp³-hybridized carbons (Fsp3) is 0.857. The maximum Gasteiger partial charge on any atom is 0.329 e. The molecule has 0 aromatic rings. The molecule has 2 amide bonds. The first-order chi connectivity index (χ1) is 8.84. The molecule has 1 saturated heterocycles. The SMILES string of the molecule is CC1CCN(C(=O)NC(C)(C(=O)O)C2CC2)C(C)C1. The van der Waals surface area contributed by atoms with E-state index in [9.17, 15) is 14.7 Å². The Morgan fingerprint density at radius 1 is 1.26 bits per heavy atom. The molecular weight excluding hydrogens is 244 g/mol. The third-order valence-corrected chi connectivity index (χ3v) is 4.60. The monoisotopic (exact) mass is 268 g/mol. The van der Waals surface area contributed by atoms with Crippen molar-refractivity contribution in [1.82, 2.24) is 10.2 Å². The quantitative estimate of drug-likeness (QED) is 0.823. The van der Waals surface area contributed by atoms with Gasteiger partial charge in [-0.3, -0.25) is 0 Å². The number of aliphatic carboxylic acids is 1. The van der Waals surface area contributed by atoms with Crippen molar-refractivity contribution in [2.24, 2.45) is 11.8 Å². The van der Waals surface area contributed by atoms with Crippen LogP contribution < -0.4 is 5.32 Å². The van der Waals surface area contributed by atoms with E-state index in [4.69, 9.17) is 0 Å². The molecule has 1 aliphatic carbocycles. The van der Waals surface area contributed by atoms with Gasteiger partial charge in [0, 0.05) is 12.6 Å². The molecule has 3 unspecified atom stereocenters. The number of nitrogens with one attached hydrogen (secondary N) is 1. The number of urea groups is 1. The van der Waals surface area contributed by atoms with Gasteiger partial charge in [-0.05, 0) is 51.4 Å². The van der Waals surface area contributed by atoms with E-state index in [1.807, 2.05) is 6.92 Å². The van der Waals surface area contributed by atoms with E-state index in [0.717, 1.165) is 25.7 Å². The molecule has 2 fully saturated rings. The van der Waals surface area contributed by atoms with Crippen LogP contribution >= 0.6 is 0 Å². The predicted molar refractivity (Wildman–Crippen MR) is 71.9 cm³/mol. The van der Waals surface area contributed by atoms with Crippen LogP contribution in [0.25, 0.3) is 0 Å². The molecule has 5 heteroatoms. The first-order valence-electron chi connectivity index (χ1n) is 7.16. The molecule has 2 N–H and O–H groups in total. The fourth-order valence-electron chi connectivity index (χ4n) is 2.99. The lowest BCUT2D eigenvalue weighted by atomic mass is 9.93. The number of rotatable bonds is 3. The summed E-state index contributed by atoms with van der Waals surface area (Å²) in [6.45, 7) is 6.57. The summed E-state index contributed by atoms with van der Waals surface area (Å²) in [6, 6.07) is -0.0443. The Morgan fingerprint density at radius 2 is 1.89 bits per heavy atom. The van der Waals surface area contributed by atoms with Gasteiger partial charge in [0.2, 0.25) is 0 Å². The van der Waals surface area contributed by atoms with Gasteiger partial charge in [0.25, 0.3) is 0 Å². The average molecular weight is 268 g/mol. The van der Waals surface area contributed by atoms with Crippen LogP contribution in [0.15, 0.2) is 0 Å². The summed E-state index contributed by atoms with van der Waals surface area (Å²) in [7, 11) is 0. The smallest absolute Gasteiger partial charge is 0.329 e. The molecule has 1 heterocycles. The van der Waals surface area contributed by atoms with Crippen LogP contribution in [0, 0.1) is 11.8 Å². The summed E-state index contributed by atoms with van der Waals surface area (Å²) in [6.07, 6.45) is 3.75. The third kappa shape index (κ3) is 2.85. The van der Waals surface area contributed by atoms with Gasteiger partial charge >= 0.3 is 12.0 Å². The van der Waals surface area contributed by atoms with Gasteiger partial charge in [-0.25, -0.2) is 9.59 Å². The molecular formula is C14H24N2O3. The van der Waals surface area contributed by atoms with Crippen molar-refractivity contribution >= 4 is 12.0 Å². The van der Waals surface area contributed by atoms with E-state index < -0.39 is 11.5 Å². The molecule has 5 nitrogen and oxygen atoms in total. The molecule has 2 rings (SSSR count). The zero-order valence-electron chi connectivity index (χ0n) is 12.0. The molecule has 0 radical (unpaired) electrons. The van der Waals surface area contributed by atoms with E-state index in [1.165, 1.54) is 0 Å². The number of amides is 2. The zero-order valence-corrected chi connectivity index (χ0v) is 12.0. The van der Waals surface area contributed by atoms with Gasteiger partial charge in [0.05, 0.1) is 0 Å². The molecule has 0 bridgehead atoms. The molecule has 19 heavy (non-hydrogen) atoms. The van der Waals surface area contributed by atoms with E-state index in [1.54, 1.807) is 11.8 Å². The maximum atomic E-state index is 12.3. The Labute approximate surface area is 114 Å². The van der Waals surface area contributed by atoms with Crippen molar-refractivity contribution in [1.29, 1.82) is 0 Å².